The van der Waals surface area contributed by atoms with Crippen molar-refractivity contribution in [3.05, 3.63) is 34.6 Å². The molecule has 21 heavy (non-hydrogen) atoms. The lowest BCUT2D eigenvalue weighted by Gasteiger charge is -2.72. The van der Waals surface area contributed by atoms with E-state index in [0.29, 0.717) is 12.0 Å². The normalized spacial score (nSPS) is 31.3. The van der Waals surface area contributed by atoms with Crippen LogP contribution in [-0.2, 0) is 0 Å². The highest BCUT2D eigenvalue weighted by molar-refractivity contribution is 6.04. The number of Topliss-reactive ketones (excluding diaryl/α,β-unsaturated/α-hetero) is 1. The van der Waals surface area contributed by atoms with Gasteiger partial charge in [-0.2, -0.15) is 0 Å². The number of hydrogen-bond acceptors (Lipinski definition) is 1. The summed E-state index contributed by atoms with van der Waals surface area (Å²) in [4.78, 5) is 12.6. The van der Waals surface area contributed by atoms with Crippen LogP contribution in [0.2, 0.25) is 0 Å². The third kappa shape index (κ3) is 1.74. The molecule has 3 saturated carbocycles. The Morgan fingerprint density at radius 2 is 1.81 bits per heavy atom. The summed E-state index contributed by atoms with van der Waals surface area (Å²) in [6, 6.07) is 0.504. The molecule has 0 radical (unpaired) electrons. The van der Waals surface area contributed by atoms with Crippen LogP contribution in [0.15, 0.2) is 6.07 Å². The molecule has 4 rings (SSSR count). The maximum atomic E-state index is 14.0. The number of carbonyl (C=O) groups is 1. The van der Waals surface area contributed by atoms with E-state index < -0.39 is 28.6 Å². The number of benzene rings is 1. The number of halogens is 3. The van der Waals surface area contributed by atoms with Gasteiger partial charge in [0.2, 0.25) is 0 Å². The summed E-state index contributed by atoms with van der Waals surface area (Å²) in [5.74, 6) is -3.24. The van der Waals surface area contributed by atoms with Crippen LogP contribution in [0.4, 0.5) is 13.2 Å². The summed E-state index contributed by atoms with van der Waals surface area (Å²) < 4.78 is 41.0. The van der Waals surface area contributed by atoms with Crippen LogP contribution >= 0.6 is 0 Å². The molecule has 1 aromatic rings. The zero-order valence-corrected chi connectivity index (χ0v) is 12.5. The predicted octanol–water partition coefficient (Wildman–Crippen LogP) is 4.81. The highest BCUT2D eigenvalue weighted by Crippen LogP contribution is 2.77. The second kappa shape index (κ2) is 4.34. The molecule has 0 N–H and O–H groups in total. The van der Waals surface area contributed by atoms with Crippen molar-refractivity contribution in [1.29, 1.82) is 0 Å². The molecule has 0 aromatic heterocycles. The molecule has 3 fully saturated rings. The number of rotatable bonds is 4. The van der Waals surface area contributed by atoms with Crippen molar-refractivity contribution < 1.29 is 18.0 Å². The molecular formula is C17H19F3O. The fourth-order valence-corrected chi connectivity index (χ4v) is 4.28. The van der Waals surface area contributed by atoms with E-state index in [4.69, 9.17) is 0 Å². The second-order valence-electron chi connectivity index (χ2n) is 6.97. The van der Waals surface area contributed by atoms with Crippen molar-refractivity contribution in [2.24, 2.45) is 16.7 Å². The molecule has 0 amide bonds. The van der Waals surface area contributed by atoms with Gasteiger partial charge in [0.15, 0.2) is 17.4 Å². The molecule has 114 valence electrons. The van der Waals surface area contributed by atoms with Gasteiger partial charge in [0.05, 0.1) is 5.56 Å². The maximum Gasteiger partial charge on any atom is 0.172 e. The number of hydrogen-bond donors (Lipinski definition) is 0. The molecule has 4 heteroatoms. The van der Waals surface area contributed by atoms with Gasteiger partial charge in [-0.3, -0.25) is 4.79 Å². The molecular weight excluding hydrogens is 277 g/mol. The Labute approximate surface area is 122 Å². The maximum absolute atomic E-state index is 14.0. The summed E-state index contributed by atoms with van der Waals surface area (Å²) in [5, 5.41) is 0. The number of ketones is 1. The van der Waals surface area contributed by atoms with Crippen LogP contribution in [0.5, 0.6) is 0 Å². The van der Waals surface area contributed by atoms with Crippen molar-refractivity contribution >= 4 is 5.78 Å². The van der Waals surface area contributed by atoms with Gasteiger partial charge in [-0.1, -0.05) is 20.3 Å². The van der Waals surface area contributed by atoms with E-state index >= 15 is 0 Å². The highest BCUT2D eigenvalue weighted by Gasteiger charge is 2.72. The molecule has 1 aromatic carbocycles. The molecule has 0 spiro atoms. The Kier molecular flexibility index (Phi) is 3.02. The van der Waals surface area contributed by atoms with Crippen molar-refractivity contribution in [3.63, 3.8) is 0 Å². The molecule has 3 aliphatic rings. The van der Waals surface area contributed by atoms with Gasteiger partial charge in [0, 0.05) is 11.5 Å². The first-order chi connectivity index (χ1) is 9.76. The SMILES string of the molecule is CCC(C)C12CC(C(=O)c3c(C)c(F)cc(F)c3F)(C1)C2. The molecule has 0 aliphatic heterocycles. The molecule has 2 bridgehead atoms. The van der Waals surface area contributed by atoms with Gasteiger partial charge < -0.3 is 0 Å². The van der Waals surface area contributed by atoms with Gasteiger partial charge in [0.1, 0.15) is 5.82 Å². The largest absolute Gasteiger partial charge is 0.293 e. The topological polar surface area (TPSA) is 17.1 Å². The van der Waals surface area contributed by atoms with Crippen LogP contribution in [0.3, 0.4) is 0 Å². The average Bonchev–Trinajstić information content (AvgIpc) is 2.33. The third-order valence-corrected chi connectivity index (χ3v) is 5.85. The molecule has 1 atom stereocenters. The first kappa shape index (κ1) is 14.6. The van der Waals surface area contributed by atoms with Gasteiger partial charge in [-0.15, -0.1) is 0 Å². The minimum atomic E-state index is -1.29. The van der Waals surface area contributed by atoms with E-state index in [-0.39, 0.29) is 16.5 Å². The standard InChI is InChI=1S/C17H19F3O/c1-4-9(2)16-6-17(7-16,8-16)15(21)13-10(3)11(18)5-12(19)14(13)20/h5,9H,4,6-8H2,1-3H3. The first-order valence-electron chi connectivity index (χ1n) is 7.45. The van der Waals surface area contributed by atoms with Crippen LogP contribution in [0.25, 0.3) is 0 Å². The van der Waals surface area contributed by atoms with Gasteiger partial charge in [-0.05, 0) is 43.1 Å². The summed E-state index contributed by atoms with van der Waals surface area (Å²) in [7, 11) is 0. The summed E-state index contributed by atoms with van der Waals surface area (Å²) in [6.07, 6.45) is 3.23. The first-order valence-corrected chi connectivity index (χ1v) is 7.45. The molecule has 1 unspecified atom stereocenters. The van der Waals surface area contributed by atoms with Crippen molar-refractivity contribution in [2.45, 2.75) is 46.5 Å². The van der Waals surface area contributed by atoms with E-state index in [1.807, 2.05) is 0 Å². The molecule has 3 aliphatic carbocycles. The van der Waals surface area contributed by atoms with Crippen molar-refractivity contribution in [2.75, 3.05) is 0 Å². The fraction of sp³-hybridized carbons (Fsp3) is 0.588. The second-order valence-corrected chi connectivity index (χ2v) is 6.97. The zero-order chi connectivity index (χ0) is 15.6. The predicted molar refractivity (Wildman–Crippen MR) is 73.6 cm³/mol. The summed E-state index contributed by atoms with van der Waals surface area (Å²) in [5.41, 5.74) is -0.846. The summed E-state index contributed by atoms with van der Waals surface area (Å²) in [6.45, 7) is 5.62. The van der Waals surface area contributed by atoms with Crippen LogP contribution in [0, 0.1) is 41.1 Å². The minimum Gasteiger partial charge on any atom is -0.293 e. The Morgan fingerprint density at radius 3 is 2.33 bits per heavy atom. The Morgan fingerprint density at radius 1 is 1.24 bits per heavy atom. The van der Waals surface area contributed by atoms with Crippen LogP contribution in [-0.4, -0.2) is 5.78 Å². The lowest BCUT2D eigenvalue weighted by atomic mass is 9.30. The monoisotopic (exact) mass is 296 g/mol. The van der Waals surface area contributed by atoms with E-state index in [2.05, 4.69) is 13.8 Å². The lowest BCUT2D eigenvalue weighted by molar-refractivity contribution is -0.200. The highest BCUT2D eigenvalue weighted by atomic mass is 19.2. The van der Waals surface area contributed by atoms with Gasteiger partial charge in [-0.25, -0.2) is 13.2 Å². The summed E-state index contributed by atoms with van der Waals surface area (Å²) >= 11 is 0. The average molecular weight is 296 g/mol. The van der Waals surface area contributed by atoms with Crippen LogP contribution < -0.4 is 0 Å². The molecule has 1 nitrogen and oxygen atoms in total. The lowest BCUT2D eigenvalue weighted by Crippen LogP contribution is -2.67. The number of carbonyl (C=O) groups excluding carboxylic acids is 1. The van der Waals surface area contributed by atoms with E-state index in [0.717, 1.165) is 25.7 Å². The Balaban J connectivity index is 1.90. The van der Waals surface area contributed by atoms with Crippen molar-refractivity contribution in [3.8, 4) is 0 Å². The Bertz CT molecular complexity index is 589. The van der Waals surface area contributed by atoms with Crippen LogP contribution in [0.1, 0.15) is 55.5 Å². The zero-order valence-electron chi connectivity index (χ0n) is 12.5. The third-order valence-electron chi connectivity index (χ3n) is 5.85. The van der Waals surface area contributed by atoms with Crippen molar-refractivity contribution in [1.82, 2.24) is 0 Å². The Hall–Kier alpha value is -1.32. The molecule has 0 saturated heterocycles. The quantitative estimate of drug-likeness (QED) is 0.575. The minimum absolute atomic E-state index is 0.0822. The van der Waals surface area contributed by atoms with E-state index in [1.54, 1.807) is 0 Å². The smallest absolute Gasteiger partial charge is 0.172 e. The van der Waals surface area contributed by atoms with E-state index in [9.17, 15) is 18.0 Å². The van der Waals surface area contributed by atoms with E-state index in [1.165, 1.54) is 6.92 Å². The molecule has 0 heterocycles. The van der Waals surface area contributed by atoms with Gasteiger partial charge in [0.25, 0.3) is 0 Å². The van der Waals surface area contributed by atoms with Gasteiger partial charge >= 0.3 is 0 Å². The fourth-order valence-electron chi connectivity index (χ4n) is 4.28.